The topological polar surface area (TPSA) is 75.3 Å². The van der Waals surface area contributed by atoms with Crippen LogP contribution in [0.3, 0.4) is 0 Å². The van der Waals surface area contributed by atoms with Gasteiger partial charge in [-0.3, -0.25) is 0 Å². The second-order valence-electron chi connectivity index (χ2n) is 5.90. The van der Waals surface area contributed by atoms with Crippen molar-refractivity contribution in [1.82, 2.24) is 10.6 Å². The van der Waals surface area contributed by atoms with Gasteiger partial charge < -0.3 is 10.6 Å². The molecule has 0 bridgehead atoms. The third-order valence-corrected chi connectivity index (χ3v) is 5.89. The first-order valence-corrected chi connectivity index (χ1v) is 9.58. The average Bonchev–Trinajstić information content (AvgIpc) is 2.55. The molecule has 0 spiro atoms. The molecule has 0 aromatic heterocycles. The van der Waals surface area contributed by atoms with E-state index in [1.54, 1.807) is 31.2 Å². The maximum atomic E-state index is 12.0. The third-order valence-electron chi connectivity index (χ3n) is 4.16. The molecule has 1 aromatic rings. The molecule has 0 aliphatic heterocycles. The predicted octanol–water partition coefficient (Wildman–Crippen LogP) is 2.63. The lowest BCUT2D eigenvalue weighted by atomic mass is 9.91. The van der Waals surface area contributed by atoms with E-state index in [0.717, 1.165) is 18.4 Å². The predicted molar refractivity (Wildman–Crippen MR) is 90.9 cm³/mol. The van der Waals surface area contributed by atoms with Crippen LogP contribution >= 0.6 is 0 Å². The van der Waals surface area contributed by atoms with Crippen molar-refractivity contribution >= 4 is 15.9 Å². The maximum absolute atomic E-state index is 12.0. The van der Waals surface area contributed by atoms with E-state index in [9.17, 15) is 13.2 Å². The number of rotatable bonds is 5. The number of carbonyl (C=O) groups excluding carboxylic acids is 1. The zero-order valence-corrected chi connectivity index (χ0v) is 14.4. The monoisotopic (exact) mass is 336 g/mol. The van der Waals surface area contributed by atoms with Crippen LogP contribution in [0.15, 0.2) is 41.3 Å². The van der Waals surface area contributed by atoms with Gasteiger partial charge in [-0.25, -0.2) is 13.2 Å². The molecule has 6 heteroatoms. The zero-order valence-electron chi connectivity index (χ0n) is 13.6. The van der Waals surface area contributed by atoms with Crippen LogP contribution in [-0.2, 0) is 16.4 Å². The minimum Gasteiger partial charge on any atom is -0.335 e. The van der Waals surface area contributed by atoms with E-state index in [0.29, 0.717) is 17.4 Å². The SMILES string of the molecule is CCS(=O)(=O)c1cccc(CNC(=O)N[C@@H]2CC=CC[C@H]2C)c1. The lowest BCUT2D eigenvalue weighted by Crippen LogP contribution is -2.45. The Balaban J connectivity index is 1.92. The highest BCUT2D eigenvalue weighted by Gasteiger charge is 2.20. The highest BCUT2D eigenvalue weighted by Crippen LogP contribution is 2.18. The minimum atomic E-state index is -3.23. The van der Waals surface area contributed by atoms with Crippen molar-refractivity contribution in [1.29, 1.82) is 0 Å². The number of allylic oxidation sites excluding steroid dienone is 1. The van der Waals surface area contributed by atoms with Gasteiger partial charge in [0, 0.05) is 12.6 Å². The Morgan fingerprint density at radius 3 is 2.70 bits per heavy atom. The van der Waals surface area contributed by atoms with Crippen LogP contribution in [0.2, 0.25) is 0 Å². The molecule has 1 aliphatic rings. The van der Waals surface area contributed by atoms with Crippen molar-refractivity contribution in [3.05, 3.63) is 42.0 Å². The van der Waals surface area contributed by atoms with Gasteiger partial charge >= 0.3 is 6.03 Å². The van der Waals surface area contributed by atoms with E-state index in [4.69, 9.17) is 0 Å². The fourth-order valence-corrected chi connectivity index (χ4v) is 3.52. The molecule has 2 N–H and O–H groups in total. The number of nitrogens with one attached hydrogen (secondary N) is 2. The smallest absolute Gasteiger partial charge is 0.315 e. The molecule has 0 radical (unpaired) electrons. The number of carbonyl (C=O) groups is 1. The molecule has 0 saturated carbocycles. The standard InChI is InChI=1S/C17H24N2O3S/c1-3-23(21,22)15-9-6-8-14(11-15)12-18-17(20)19-16-10-5-4-7-13(16)2/h4-6,8-9,11,13,16H,3,7,10,12H2,1-2H3,(H2,18,19,20)/t13-,16-/m1/s1. The van der Waals surface area contributed by atoms with Crippen LogP contribution in [0, 0.1) is 5.92 Å². The second-order valence-corrected chi connectivity index (χ2v) is 8.18. The molecule has 1 aromatic carbocycles. The summed E-state index contributed by atoms with van der Waals surface area (Å²) in [4.78, 5) is 12.3. The van der Waals surface area contributed by atoms with Crippen molar-refractivity contribution in [2.75, 3.05) is 5.75 Å². The molecule has 2 atom stereocenters. The van der Waals surface area contributed by atoms with E-state index >= 15 is 0 Å². The summed E-state index contributed by atoms with van der Waals surface area (Å²) in [7, 11) is -3.23. The number of amides is 2. The first kappa shape index (κ1) is 17.5. The molecule has 0 heterocycles. The lowest BCUT2D eigenvalue weighted by Gasteiger charge is -2.26. The van der Waals surface area contributed by atoms with Gasteiger partial charge in [0.15, 0.2) is 9.84 Å². The molecular weight excluding hydrogens is 312 g/mol. The van der Waals surface area contributed by atoms with E-state index in [-0.39, 0.29) is 17.8 Å². The molecule has 2 rings (SSSR count). The lowest BCUT2D eigenvalue weighted by molar-refractivity contribution is 0.231. The van der Waals surface area contributed by atoms with Gasteiger partial charge in [0.25, 0.3) is 0 Å². The summed E-state index contributed by atoms with van der Waals surface area (Å²) in [6.45, 7) is 4.04. The Hall–Kier alpha value is -1.82. The molecule has 0 unspecified atom stereocenters. The zero-order chi connectivity index (χ0) is 16.9. The average molecular weight is 336 g/mol. The molecule has 0 fully saturated rings. The van der Waals surface area contributed by atoms with Gasteiger partial charge in [-0.1, -0.05) is 38.1 Å². The van der Waals surface area contributed by atoms with Gasteiger partial charge in [0.1, 0.15) is 0 Å². The van der Waals surface area contributed by atoms with E-state index < -0.39 is 9.84 Å². The summed E-state index contributed by atoms with van der Waals surface area (Å²) in [6, 6.07) is 6.63. The number of hydrogen-bond acceptors (Lipinski definition) is 3. The summed E-state index contributed by atoms with van der Waals surface area (Å²) < 4.78 is 23.8. The van der Waals surface area contributed by atoms with Gasteiger partial charge in [-0.15, -0.1) is 0 Å². The first-order valence-electron chi connectivity index (χ1n) is 7.93. The van der Waals surface area contributed by atoms with Crippen LogP contribution in [-0.4, -0.2) is 26.2 Å². The molecule has 23 heavy (non-hydrogen) atoms. The summed E-state index contributed by atoms with van der Waals surface area (Å²) in [5.41, 5.74) is 0.770. The van der Waals surface area contributed by atoms with Crippen LogP contribution < -0.4 is 10.6 Å². The molecule has 126 valence electrons. The largest absolute Gasteiger partial charge is 0.335 e. The Labute approximate surface area is 138 Å². The molecule has 5 nitrogen and oxygen atoms in total. The summed E-state index contributed by atoms with van der Waals surface area (Å²) in [5.74, 6) is 0.487. The highest BCUT2D eigenvalue weighted by molar-refractivity contribution is 7.91. The fraction of sp³-hybridized carbons (Fsp3) is 0.471. The van der Waals surface area contributed by atoms with Crippen LogP contribution in [0.5, 0.6) is 0 Å². The quantitative estimate of drug-likeness (QED) is 0.812. The Morgan fingerprint density at radius 1 is 1.26 bits per heavy atom. The Kier molecular flexibility index (Phi) is 5.82. The molecular formula is C17H24N2O3S. The van der Waals surface area contributed by atoms with Gasteiger partial charge in [0.05, 0.1) is 10.6 Å². The highest BCUT2D eigenvalue weighted by atomic mass is 32.2. The van der Waals surface area contributed by atoms with Crippen molar-refractivity contribution in [3.8, 4) is 0 Å². The number of sulfone groups is 1. The molecule has 1 aliphatic carbocycles. The van der Waals surface area contributed by atoms with E-state index in [2.05, 4.69) is 29.7 Å². The minimum absolute atomic E-state index is 0.0669. The van der Waals surface area contributed by atoms with E-state index in [1.807, 2.05) is 0 Å². The third kappa shape index (κ3) is 4.82. The van der Waals surface area contributed by atoms with Crippen LogP contribution in [0.25, 0.3) is 0 Å². The number of hydrogen-bond donors (Lipinski definition) is 2. The van der Waals surface area contributed by atoms with E-state index in [1.165, 1.54) is 0 Å². The Bertz CT molecular complexity index is 683. The van der Waals surface area contributed by atoms with Crippen molar-refractivity contribution in [2.45, 2.75) is 44.2 Å². The number of urea groups is 1. The van der Waals surface area contributed by atoms with Crippen molar-refractivity contribution < 1.29 is 13.2 Å². The van der Waals surface area contributed by atoms with Gasteiger partial charge in [0.2, 0.25) is 0 Å². The Morgan fingerprint density at radius 2 is 2.00 bits per heavy atom. The first-order chi connectivity index (χ1) is 10.9. The summed E-state index contributed by atoms with van der Waals surface area (Å²) in [5, 5.41) is 5.77. The van der Waals surface area contributed by atoms with Gasteiger partial charge in [-0.05, 0) is 36.5 Å². The normalized spacial score (nSPS) is 21.0. The van der Waals surface area contributed by atoms with Gasteiger partial charge in [-0.2, -0.15) is 0 Å². The summed E-state index contributed by atoms with van der Waals surface area (Å²) in [6.07, 6.45) is 6.05. The van der Waals surface area contributed by atoms with Crippen molar-refractivity contribution in [3.63, 3.8) is 0 Å². The second kappa shape index (κ2) is 7.64. The fourth-order valence-electron chi connectivity index (χ4n) is 2.57. The molecule has 0 saturated heterocycles. The maximum Gasteiger partial charge on any atom is 0.315 e. The summed E-state index contributed by atoms with van der Waals surface area (Å²) >= 11 is 0. The van der Waals surface area contributed by atoms with Crippen LogP contribution in [0.1, 0.15) is 32.3 Å². The number of benzene rings is 1. The van der Waals surface area contributed by atoms with Crippen molar-refractivity contribution in [2.24, 2.45) is 5.92 Å². The molecule has 2 amide bonds. The van der Waals surface area contributed by atoms with Crippen LogP contribution in [0.4, 0.5) is 4.79 Å².